The molecule has 0 N–H and O–H groups in total. The van der Waals surface area contributed by atoms with Crippen molar-refractivity contribution in [2.75, 3.05) is 20.8 Å². The molecule has 5 rings (SSSR count). The van der Waals surface area contributed by atoms with E-state index in [0.717, 1.165) is 5.69 Å². The third kappa shape index (κ3) is 5.32. The first-order chi connectivity index (χ1) is 19.3. The van der Waals surface area contributed by atoms with E-state index in [4.69, 9.17) is 18.6 Å². The number of thiazole rings is 1. The summed E-state index contributed by atoms with van der Waals surface area (Å²) in [5, 5.41) is 1.15. The average molecular weight is 579 g/mol. The molecule has 0 saturated carbocycles. The molecule has 0 aliphatic carbocycles. The molecule has 0 spiro atoms. The number of nitrogens with zero attached hydrogens (tertiary/aromatic N) is 4. The molecule has 0 fully saturated rings. The molecule has 1 aromatic carbocycles. The van der Waals surface area contributed by atoms with Gasteiger partial charge >= 0.3 is 5.97 Å². The number of allylic oxidation sites excluding steroid dienone is 1. The number of esters is 1. The van der Waals surface area contributed by atoms with Gasteiger partial charge in [0, 0.05) is 29.6 Å². The molecule has 0 amide bonds. The van der Waals surface area contributed by atoms with Crippen LogP contribution in [0.4, 0.5) is 0 Å². The lowest BCUT2D eigenvalue weighted by Crippen LogP contribution is -2.40. The molecule has 40 heavy (non-hydrogen) atoms. The average Bonchev–Trinajstić information content (AvgIpc) is 3.50. The molecule has 3 aromatic heterocycles. The topological polar surface area (TPSA) is 118 Å². The Balaban J connectivity index is 1.61. The van der Waals surface area contributed by atoms with Crippen LogP contribution in [-0.4, -0.2) is 41.3 Å². The second kappa shape index (κ2) is 11.5. The lowest BCUT2D eigenvalue weighted by atomic mass is 9.95. The summed E-state index contributed by atoms with van der Waals surface area (Å²) in [5.74, 6) is 0.975. The molecule has 0 saturated heterocycles. The smallest absolute Gasteiger partial charge is 0.338 e. The monoisotopic (exact) mass is 578 g/mol. The van der Waals surface area contributed by atoms with Crippen molar-refractivity contribution in [3.05, 3.63) is 90.6 Å². The van der Waals surface area contributed by atoms with Crippen LogP contribution >= 0.6 is 23.1 Å². The van der Waals surface area contributed by atoms with Crippen molar-refractivity contribution in [2.45, 2.75) is 37.1 Å². The van der Waals surface area contributed by atoms with Gasteiger partial charge in [-0.3, -0.25) is 9.36 Å². The Bertz CT molecular complexity index is 1800. The molecule has 206 valence electrons. The Morgan fingerprint density at radius 1 is 1.18 bits per heavy atom. The minimum atomic E-state index is -0.820. The lowest BCUT2D eigenvalue weighted by Gasteiger charge is -2.26. The van der Waals surface area contributed by atoms with Crippen molar-refractivity contribution in [3.8, 4) is 11.5 Å². The molecule has 4 heterocycles. The van der Waals surface area contributed by atoms with Gasteiger partial charge in [0.25, 0.3) is 5.56 Å². The van der Waals surface area contributed by atoms with E-state index < -0.39 is 12.0 Å². The predicted molar refractivity (Wildman–Crippen MR) is 150 cm³/mol. The molecule has 1 aliphatic heterocycles. The zero-order chi connectivity index (χ0) is 28.4. The number of hydrogen-bond donors (Lipinski definition) is 0. The zero-order valence-electron chi connectivity index (χ0n) is 22.5. The highest BCUT2D eigenvalue weighted by Crippen LogP contribution is 2.37. The fraction of sp³-hybridized carbons (Fsp3) is 0.250. The number of furan rings is 1. The summed E-state index contributed by atoms with van der Waals surface area (Å²) < 4.78 is 24.2. The first-order valence-electron chi connectivity index (χ1n) is 12.3. The zero-order valence-corrected chi connectivity index (χ0v) is 24.1. The van der Waals surface area contributed by atoms with E-state index in [1.807, 2.05) is 13.0 Å². The summed E-state index contributed by atoms with van der Waals surface area (Å²) in [7, 11) is 3.08. The number of methoxy groups -OCH3 is 2. The number of aryl methyl sites for hydroxylation is 1. The van der Waals surface area contributed by atoms with Crippen LogP contribution in [0, 0.1) is 6.92 Å². The molecule has 1 aliphatic rings. The van der Waals surface area contributed by atoms with Crippen molar-refractivity contribution in [1.82, 2.24) is 14.5 Å². The van der Waals surface area contributed by atoms with E-state index in [9.17, 15) is 9.59 Å². The minimum absolute atomic E-state index is 0.179. The quantitative estimate of drug-likeness (QED) is 0.228. The number of fused-ring (bicyclic) bond motifs is 1. The maximum Gasteiger partial charge on any atom is 0.338 e. The van der Waals surface area contributed by atoms with Gasteiger partial charge in [-0.25, -0.2) is 19.8 Å². The van der Waals surface area contributed by atoms with Crippen molar-refractivity contribution in [2.24, 2.45) is 4.99 Å². The summed E-state index contributed by atoms with van der Waals surface area (Å²) in [6.07, 6.45) is 3.35. The number of benzene rings is 1. The number of ether oxygens (including phenoxy) is 3. The standard InChI is InChI=1S/C28H26N4O6S2/c1-6-37-26(34)23-16(3)31-28-32(24(23)19-9-7-17(35-4)13-20(19)36-5)25(33)21(39-28)14-18-8-10-22(38-18)40-27-29-12-11-15(2)30-27/h7-14,24H,6H2,1-5H3/b21-14+/t24-/m0/s1. The van der Waals surface area contributed by atoms with Crippen molar-refractivity contribution in [3.63, 3.8) is 0 Å². The highest BCUT2D eigenvalue weighted by atomic mass is 32.2. The minimum Gasteiger partial charge on any atom is -0.497 e. The highest BCUT2D eigenvalue weighted by molar-refractivity contribution is 7.99. The van der Waals surface area contributed by atoms with E-state index in [0.29, 0.717) is 48.1 Å². The molecular formula is C28H26N4O6S2. The van der Waals surface area contributed by atoms with Gasteiger partial charge in [-0.15, -0.1) is 0 Å². The second-order valence-electron chi connectivity index (χ2n) is 8.65. The van der Waals surface area contributed by atoms with Crippen LogP contribution in [0.25, 0.3) is 6.08 Å². The Hall–Kier alpha value is -4.16. The first kappa shape index (κ1) is 27.4. The van der Waals surface area contributed by atoms with Crippen LogP contribution in [0.1, 0.15) is 36.9 Å². The Morgan fingerprint density at radius 2 is 2.00 bits per heavy atom. The Morgan fingerprint density at radius 3 is 2.73 bits per heavy atom. The fourth-order valence-electron chi connectivity index (χ4n) is 4.29. The number of rotatable bonds is 8. The SMILES string of the molecule is CCOC(=O)C1=C(C)N=c2s/c(=C/c3ccc(Sc4nccc(C)n4)o3)c(=O)n2[C@H]1c1ccc(OC)cc1OC. The lowest BCUT2D eigenvalue weighted by molar-refractivity contribution is -0.139. The number of carbonyl (C=O) groups is 1. The maximum atomic E-state index is 13.9. The molecule has 1 atom stereocenters. The summed E-state index contributed by atoms with van der Waals surface area (Å²) >= 11 is 2.50. The van der Waals surface area contributed by atoms with Gasteiger partial charge in [0.2, 0.25) is 0 Å². The van der Waals surface area contributed by atoms with Crippen LogP contribution in [-0.2, 0) is 9.53 Å². The molecular weight excluding hydrogens is 552 g/mol. The van der Waals surface area contributed by atoms with E-state index in [1.54, 1.807) is 63.6 Å². The summed E-state index contributed by atoms with van der Waals surface area (Å²) in [6, 6.07) is 9.82. The summed E-state index contributed by atoms with van der Waals surface area (Å²) in [6.45, 7) is 5.53. The first-order valence-corrected chi connectivity index (χ1v) is 13.9. The van der Waals surface area contributed by atoms with Crippen LogP contribution in [0.5, 0.6) is 11.5 Å². The normalized spacial score (nSPS) is 15.0. The van der Waals surface area contributed by atoms with Gasteiger partial charge in [-0.2, -0.15) is 0 Å². The number of hydrogen-bond acceptors (Lipinski definition) is 11. The van der Waals surface area contributed by atoms with E-state index in [1.165, 1.54) is 34.8 Å². The highest BCUT2D eigenvalue weighted by Gasteiger charge is 2.35. The van der Waals surface area contributed by atoms with Crippen molar-refractivity contribution >= 4 is 35.1 Å². The maximum absolute atomic E-state index is 13.9. The van der Waals surface area contributed by atoms with E-state index in [2.05, 4.69) is 15.0 Å². The molecule has 10 nitrogen and oxygen atoms in total. The molecule has 12 heteroatoms. The predicted octanol–water partition coefficient (Wildman–Crippen LogP) is 3.66. The number of carbonyl (C=O) groups excluding carboxylic acids is 1. The summed E-state index contributed by atoms with van der Waals surface area (Å²) in [4.78, 5) is 40.7. The summed E-state index contributed by atoms with van der Waals surface area (Å²) in [5.41, 5.74) is 1.85. The van der Waals surface area contributed by atoms with Crippen molar-refractivity contribution in [1.29, 1.82) is 0 Å². The van der Waals surface area contributed by atoms with Gasteiger partial charge in [0.15, 0.2) is 15.1 Å². The number of aromatic nitrogens is 3. The van der Waals surface area contributed by atoms with Gasteiger partial charge < -0.3 is 18.6 Å². The van der Waals surface area contributed by atoms with Crippen LogP contribution in [0.15, 0.2) is 78.3 Å². The van der Waals surface area contributed by atoms with Crippen molar-refractivity contribution < 1.29 is 23.4 Å². The van der Waals surface area contributed by atoms with Gasteiger partial charge in [-0.05, 0) is 62.9 Å². The Labute approximate surface area is 237 Å². The van der Waals surface area contributed by atoms with Crippen LogP contribution < -0.4 is 24.4 Å². The third-order valence-electron chi connectivity index (χ3n) is 6.09. The molecule has 4 aromatic rings. The van der Waals surface area contributed by atoms with E-state index in [-0.39, 0.29) is 17.7 Å². The second-order valence-corrected chi connectivity index (χ2v) is 10.6. The fourth-order valence-corrected chi connectivity index (χ4v) is 6.07. The third-order valence-corrected chi connectivity index (χ3v) is 7.88. The van der Waals surface area contributed by atoms with Crippen LogP contribution in [0.3, 0.4) is 0 Å². The van der Waals surface area contributed by atoms with E-state index >= 15 is 0 Å². The molecule has 0 radical (unpaired) electrons. The Kier molecular flexibility index (Phi) is 7.90. The van der Waals surface area contributed by atoms with Gasteiger partial charge in [-0.1, -0.05) is 11.3 Å². The van der Waals surface area contributed by atoms with Gasteiger partial charge in [0.05, 0.1) is 36.6 Å². The van der Waals surface area contributed by atoms with Gasteiger partial charge in [0.1, 0.15) is 23.3 Å². The molecule has 0 bridgehead atoms. The van der Waals surface area contributed by atoms with Crippen LogP contribution in [0.2, 0.25) is 0 Å². The largest absolute Gasteiger partial charge is 0.497 e. The molecule has 0 unspecified atom stereocenters.